The number of aromatic nitrogens is 2. The third-order valence-electron chi connectivity index (χ3n) is 4.26. The molecule has 2 aromatic carbocycles. The number of methoxy groups -OCH3 is 1. The maximum absolute atomic E-state index is 14.1. The topological polar surface area (TPSA) is 90.7 Å². The molecule has 0 fully saturated rings. The van der Waals surface area contributed by atoms with Gasteiger partial charge in [-0.25, -0.2) is 14.4 Å². The van der Waals surface area contributed by atoms with Gasteiger partial charge in [0, 0.05) is 30.2 Å². The fraction of sp³-hybridized carbons (Fsp3) is 0.263. The third-order valence-corrected chi connectivity index (χ3v) is 4.86. The van der Waals surface area contributed by atoms with Crippen LogP contribution in [-0.2, 0) is 6.54 Å². The van der Waals surface area contributed by atoms with Gasteiger partial charge in [-0.1, -0.05) is 0 Å². The van der Waals surface area contributed by atoms with Gasteiger partial charge in [0.05, 0.1) is 23.7 Å². The van der Waals surface area contributed by atoms with E-state index >= 15 is 0 Å². The molecule has 3 N–H and O–H groups in total. The molecule has 1 heterocycles. The Kier molecular flexibility index (Phi) is 6.28. The zero-order chi connectivity index (χ0) is 20.3. The average molecular weight is 451 g/mol. The van der Waals surface area contributed by atoms with E-state index in [1.165, 1.54) is 25.6 Å². The summed E-state index contributed by atoms with van der Waals surface area (Å²) in [5.41, 5.74) is 1.93. The number of rotatable bonds is 7. The van der Waals surface area contributed by atoms with Gasteiger partial charge in [-0.2, -0.15) is 0 Å². The van der Waals surface area contributed by atoms with Crippen molar-refractivity contribution < 1.29 is 19.3 Å². The molecular formula is C19H20BrFN4O3. The number of aromatic hydroxyl groups is 1. The lowest BCUT2D eigenvalue weighted by molar-refractivity contribution is 0.217. The van der Waals surface area contributed by atoms with Gasteiger partial charge < -0.3 is 20.3 Å². The fourth-order valence-electron chi connectivity index (χ4n) is 2.84. The summed E-state index contributed by atoms with van der Waals surface area (Å²) in [7, 11) is 3.30. The Hall–Kier alpha value is -2.49. The van der Waals surface area contributed by atoms with Crippen molar-refractivity contribution in [1.82, 2.24) is 14.9 Å². The highest BCUT2D eigenvalue weighted by Gasteiger charge is 2.14. The Labute approximate surface area is 169 Å². The van der Waals surface area contributed by atoms with E-state index in [0.29, 0.717) is 51.3 Å². The lowest BCUT2D eigenvalue weighted by atomic mass is 10.1. The summed E-state index contributed by atoms with van der Waals surface area (Å²) in [5.74, 6) is 0.365. The van der Waals surface area contributed by atoms with Gasteiger partial charge in [0.1, 0.15) is 18.0 Å². The summed E-state index contributed by atoms with van der Waals surface area (Å²) in [6.45, 7) is 0.895. The first kappa shape index (κ1) is 20.2. The van der Waals surface area contributed by atoms with Crippen molar-refractivity contribution in [3.05, 3.63) is 46.4 Å². The number of benzene rings is 2. The van der Waals surface area contributed by atoms with Crippen LogP contribution in [0.5, 0.6) is 11.5 Å². The van der Waals surface area contributed by atoms with Crippen molar-refractivity contribution in [3.63, 3.8) is 0 Å². The number of ether oxygens (including phenoxy) is 1. The summed E-state index contributed by atoms with van der Waals surface area (Å²) in [6.07, 6.45) is 1.40. The van der Waals surface area contributed by atoms with E-state index in [1.54, 1.807) is 12.1 Å². The molecule has 1 aromatic heterocycles. The number of hydrogen-bond acceptors (Lipinski definition) is 7. The van der Waals surface area contributed by atoms with E-state index in [0.717, 1.165) is 0 Å². The Bertz CT molecular complexity index is 1000. The van der Waals surface area contributed by atoms with Gasteiger partial charge in [0.25, 0.3) is 0 Å². The number of phenolic OH excluding ortho intramolecular Hbond substituents is 1. The van der Waals surface area contributed by atoms with Crippen molar-refractivity contribution in [3.8, 4) is 11.5 Å². The second-order valence-electron chi connectivity index (χ2n) is 6.27. The minimum absolute atomic E-state index is 0.00985. The predicted octanol–water partition coefficient (Wildman–Crippen LogP) is 3.41. The standard InChI is InChI=1S/C19H20BrFN4O3/c1-25(3-4-26)9-11-5-14(21)13(20)7-15(11)24-19-12-6-17(27)18(28-2)8-16(12)22-10-23-19/h5-8,10,26-27H,3-4,9H2,1-2H3,(H,22,23,24). The van der Waals surface area contributed by atoms with Crippen LogP contribution in [0.2, 0.25) is 0 Å². The van der Waals surface area contributed by atoms with Gasteiger partial charge >= 0.3 is 0 Å². The smallest absolute Gasteiger partial charge is 0.162 e. The molecule has 3 aromatic rings. The van der Waals surface area contributed by atoms with Gasteiger partial charge in [-0.3, -0.25) is 4.90 Å². The largest absolute Gasteiger partial charge is 0.504 e. The van der Waals surface area contributed by atoms with Gasteiger partial charge in [0.15, 0.2) is 11.5 Å². The molecule has 9 heteroatoms. The number of phenols is 1. The molecular weight excluding hydrogens is 431 g/mol. The van der Waals surface area contributed by atoms with E-state index in [1.807, 2.05) is 11.9 Å². The van der Waals surface area contributed by atoms with Crippen molar-refractivity contribution >= 4 is 38.3 Å². The fourth-order valence-corrected chi connectivity index (χ4v) is 3.18. The SMILES string of the molecule is COc1cc2ncnc(Nc3cc(Br)c(F)cc3CN(C)CCO)c2cc1O. The normalized spacial score (nSPS) is 11.2. The van der Waals surface area contributed by atoms with Crippen LogP contribution in [-0.4, -0.2) is 52.4 Å². The van der Waals surface area contributed by atoms with Crippen LogP contribution in [0.25, 0.3) is 10.9 Å². The molecule has 148 valence electrons. The molecule has 0 atom stereocenters. The number of fused-ring (bicyclic) bond motifs is 1. The van der Waals surface area contributed by atoms with Crippen molar-refractivity contribution in [1.29, 1.82) is 0 Å². The number of aliphatic hydroxyl groups excluding tert-OH is 1. The van der Waals surface area contributed by atoms with E-state index in [4.69, 9.17) is 9.84 Å². The quantitative estimate of drug-likeness (QED) is 0.507. The Balaban J connectivity index is 2.03. The van der Waals surface area contributed by atoms with Crippen LogP contribution in [0.1, 0.15) is 5.56 Å². The Morgan fingerprint density at radius 1 is 1.25 bits per heavy atom. The lowest BCUT2D eigenvalue weighted by Crippen LogP contribution is -2.22. The van der Waals surface area contributed by atoms with E-state index in [9.17, 15) is 9.50 Å². The molecule has 7 nitrogen and oxygen atoms in total. The molecule has 0 radical (unpaired) electrons. The summed E-state index contributed by atoms with van der Waals surface area (Å²) in [5, 5.41) is 23.0. The third kappa shape index (κ3) is 4.32. The van der Waals surface area contributed by atoms with Crippen LogP contribution in [0, 0.1) is 5.82 Å². The summed E-state index contributed by atoms with van der Waals surface area (Å²) in [4.78, 5) is 10.4. The maximum Gasteiger partial charge on any atom is 0.162 e. The number of nitrogens with one attached hydrogen (secondary N) is 1. The minimum Gasteiger partial charge on any atom is -0.504 e. The lowest BCUT2D eigenvalue weighted by Gasteiger charge is -2.19. The summed E-state index contributed by atoms with van der Waals surface area (Å²) >= 11 is 3.21. The zero-order valence-electron chi connectivity index (χ0n) is 15.4. The second-order valence-corrected chi connectivity index (χ2v) is 7.13. The number of halogens is 2. The molecule has 0 saturated heterocycles. The van der Waals surface area contributed by atoms with Crippen LogP contribution < -0.4 is 10.1 Å². The van der Waals surface area contributed by atoms with Crippen LogP contribution >= 0.6 is 15.9 Å². The number of hydrogen-bond donors (Lipinski definition) is 3. The van der Waals surface area contributed by atoms with Crippen molar-refractivity contribution in [2.75, 3.05) is 32.6 Å². The molecule has 0 amide bonds. The van der Waals surface area contributed by atoms with E-state index in [2.05, 4.69) is 31.2 Å². The molecule has 0 saturated carbocycles. The van der Waals surface area contributed by atoms with Crippen molar-refractivity contribution in [2.45, 2.75) is 6.54 Å². The van der Waals surface area contributed by atoms with E-state index in [-0.39, 0.29) is 18.2 Å². The van der Waals surface area contributed by atoms with Gasteiger partial charge in [-0.15, -0.1) is 0 Å². The molecule has 0 unspecified atom stereocenters. The van der Waals surface area contributed by atoms with E-state index < -0.39 is 0 Å². The number of nitrogens with zero attached hydrogens (tertiary/aromatic N) is 3. The summed E-state index contributed by atoms with van der Waals surface area (Å²) in [6, 6.07) is 6.21. The first-order valence-electron chi connectivity index (χ1n) is 8.49. The number of likely N-dealkylation sites (N-methyl/N-ethyl adjacent to an activating group) is 1. The first-order chi connectivity index (χ1) is 13.4. The molecule has 0 aliphatic rings. The first-order valence-corrected chi connectivity index (χ1v) is 9.28. The zero-order valence-corrected chi connectivity index (χ0v) is 17.0. The number of aliphatic hydroxyl groups is 1. The predicted molar refractivity (Wildman–Crippen MR) is 109 cm³/mol. The molecule has 0 aliphatic heterocycles. The second kappa shape index (κ2) is 8.68. The van der Waals surface area contributed by atoms with Crippen LogP contribution in [0.15, 0.2) is 35.1 Å². The van der Waals surface area contributed by atoms with Crippen LogP contribution in [0.4, 0.5) is 15.9 Å². The highest BCUT2D eigenvalue weighted by Crippen LogP contribution is 2.35. The molecule has 0 spiro atoms. The van der Waals surface area contributed by atoms with Crippen molar-refractivity contribution in [2.24, 2.45) is 0 Å². The highest BCUT2D eigenvalue weighted by molar-refractivity contribution is 9.10. The average Bonchev–Trinajstić information content (AvgIpc) is 2.66. The minimum atomic E-state index is -0.382. The maximum atomic E-state index is 14.1. The number of anilines is 2. The molecule has 28 heavy (non-hydrogen) atoms. The highest BCUT2D eigenvalue weighted by atomic mass is 79.9. The Morgan fingerprint density at radius 3 is 2.75 bits per heavy atom. The van der Waals surface area contributed by atoms with Crippen LogP contribution in [0.3, 0.4) is 0 Å². The molecule has 0 bridgehead atoms. The molecule has 0 aliphatic carbocycles. The Morgan fingerprint density at radius 2 is 2.04 bits per heavy atom. The van der Waals surface area contributed by atoms with Gasteiger partial charge in [0.2, 0.25) is 0 Å². The van der Waals surface area contributed by atoms with Gasteiger partial charge in [-0.05, 0) is 46.7 Å². The summed E-state index contributed by atoms with van der Waals surface area (Å²) < 4.78 is 19.5. The monoisotopic (exact) mass is 450 g/mol. The molecule has 3 rings (SSSR count).